The molecule has 4 rings (SSSR count). The van der Waals surface area contributed by atoms with E-state index in [1.54, 1.807) is 36.4 Å². The lowest BCUT2D eigenvalue weighted by Crippen LogP contribution is -2.32. The lowest BCUT2D eigenvalue weighted by atomic mass is 10.2. The molecule has 11 heteroatoms. The lowest BCUT2D eigenvalue weighted by Gasteiger charge is -2.16. The van der Waals surface area contributed by atoms with Crippen LogP contribution in [0.1, 0.15) is 16.8 Å². The number of nitrogens with zero attached hydrogens (tertiary/aromatic N) is 3. The fourth-order valence-corrected chi connectivity index (χ4v) is 6.07. The Morgan fingerprint density at radius 2 is 1.78 bits per heavy atom. The number of hydrogen-bond acceptors (Lipinski definition) is 8. The highest BCUT2D eigenvalue weighted by Gasteiger charge is 2.40. The van der Waals surface area contributed by atoms with E-state index in [4.69, 9.17) is 0 Å². The molecule has 0 radical (unpaired) electrons. The van der Waals surface area contributed by atoms with Gasteiger partial charge in [0.2, 0.25) is 0 Å². The molecule has 32 heavy (non-hydrogen) atoms. The van der Waals surface area contributed by atoms with E-state index in [2.05, 4.69) is 9.72 Å². The molecule has 2 heterocycles. The van der Waals surface area contributed by atoms with E-state index in [0.29, 0.717) is 16.1 Å². The van der Waals surface area contributed by atoms with Crippen molar-refractivity contribution in [1.82, 2.24) is 13.9 Å². The van der Waals surface area contributed by atoms with Crippen molar-refractivity contribution in [1.29, 1.82) is 0 Å². The molecule has 0 fully saturated rings. The second-order valence-corrected chi connectivity index (χ2v) is 9.81. The third-order valence-electron chi connectivity index (χ3n) is 5.03. The Hall–Kier alpha value is -3.18. The number of rotatable bonds is 7. The number of carbonyl (C=O) groups is 2. The SMILES string of the molecule is COC(=O)CCn1c(SCCN2C(=O)c3ccccc3S2(=O)=O)nc2ccccc2c1=O. The summed E-state index contributed by atoms with van der Waals surface area (Å²) in [6.45, 7) is -0.0156. The predicted octanol–water partition coefficient (Wildman–Crippen LogP) is 1.90. The van der Waals surface area contributed by atoms with Crippen molar-refractivity contribution in [2.24, 2.45) is 0 Å². The van der Waals surface area contributed by atoms with Crippen LogP contribution in [-0.2, 0) is 26.1 Å². The van der Waals surface area contributed by atoms with Crippen molar-refractivity contribution in [2.75, 3.05) is 19.4 Å². The first kappa shape index (κ1) is 22.0. The van der Waals surface area contributed by atoms with Crippen LogP contribution >= 0.6 is 11.8 Å². The number of thioether (sulfide) groups is 1. The van der Waals surface area contributed by atoms with Crippen LogP contribution < -0.4 is 5.56 Å². The highest BCUT2D eigenvalue weighted by atomic mass is 32.2. The Labute approximate surface area is 188 Å². The van der Waals surface area contributed by atoms with E-state index in [-0.39, 0.29) is 41.3 Å². The number of sulfonamides is 1. The van der Waals surface area contributed by atoms with Crippen molar-refractivity contribution in [2.45, 2.75) is 23.0 Å². The van der Waals surface area contributed by atoms with Crippen LogP contribution in [0, 0.1) is 0 Å². The van der Waals surface area contributed by atoms with Crippen LogP contribution in [0.25, 0.3) is 10.9 Å². The smallest absolute Gasteiger partial charge is 0.307 e. The number of fused-ring (bicyclic) bond motifs is 2. The van der Waals surface area contributed by atoms with Crippen molar-refractivity contribution >= 4 is 44.6 Å². The molecule has 2 aromatic carbocycles. The molecular weight excluding hydrogens is 454 g/mol. The summed E-state index contributed by atoms with van der Waals surface area (Å²) in [5, 5.41) is 0.744. The van der Waals surface area contributed by atoms with Crippen LogP contribution in [0.15, 0.2) is 63.4 Å². The molecule has 0 saturated heterocycles. The van der Waals surface area contributed by atoms with E-state index in [1.807, 2.05) is 0 Å². The van der Waals surface area contributed by atoms with Gasteiger partial charge in [0.15, 0.2) is 5.16 Å². The Morgan fingerprint density at radius 3 is 2.53 bits per heavy atom. The maximum atomic E-state index is 13.0. The number of hydrogen-bond donors (Lipinski definition) is 0. The van der Waals surface area contributed by atoms with Gasteiger partial charge in [-0.15, -0.1) is 0 Å². The molecule has 0 atom stereocenters. The average molecular weight is 474 g/mol. The van der Waals surface area contributed by atoms with Crippen molar-refractivity contribution < 1.29 is 22.7 Å². The van der Waals surface area contributed by atoms with Crippen molar-refractivity contribution in [3.8, 4) is 0 Å². The minimum atomic E-state index is -3.91. The number of para-hydroxylation sites is 1. The van der Waals surface area contributed by atoms with E-state index >= 15 is 0 Å². The van der Waals surface area contributed by atoms with Gasteiger partial charge < -0.3 is 4.74 Å². The number of esters is 1. The van der Waals surface area contributed by atoms with E-state index in [0.717, 1.165) is 16.1 Å². The summed E-state index contributed by atoms with van der Waals surface area (Å²) in [5.41, 5.74) is 0.335. The molecule has 1 aromatic heterocycles. The second kappa shape index (κ2) is 8.75. The minimum absolute atomic E-state index is 0.00573. The van der Waals surface area contributed by atoms with Gasteiger partial charge in [-0.3, -0.25) is 19.0 Å². The normalized spacial score (nSPS) is 14.5. The first-order chi connectivity index (χ1) is 15.3. The van der Waals surface area contributed by atoms with Gasteiger partial charge >= 0.3 is 5.97 Å². The highest BCUT2D eigenvalue weighted by Crippen LogP contribution is 2.30. The van der Waals surface area contributed by atoms with Gasteiger partial charge in [-0.1, -0.05) is 36.0 Å². The number of ether oxygens (including phenoxy) is 1. The molecule has 0 aliphatic carbocycles. The third-order valence-corrected chi connectivity index (χ3v) is 7.83. The summed E-state index contributed by atoms with van der Waals surface area (Å²) >= 11 is 1.15. The Balaban J connectivity index is 1.58. The predicted molar refractivity (Wildman–Crippen MR) is 118 cm³/mol. The fraction of sp³-hybridized carbons (Fsp3) is 0.238. The van der Waals surface area contributed by atoms with Gasteiger partial charge in [-0.05, 0) is 24.3 Å². The van der Waals surface area contributed by atoms with E-state index < -0.39 is 21.9 Å². The number of amides is 1. The van der Waals surface area contributed by atoms with E-state index in [1.165, 1.54) is 23.8 Å². The van der Waals surface area contributed by atoms with Gasteiger partial charge in [0, 0.05) is 18.8 Å². The largest absolute Gasteiger partial charge is 0.469 e. The molecule has 1 aliphatic heterocycles. The summed E-state index contributed by atoms with van der Waals surface area (Å²) in [4.78, 5) is 41.7. The molecule has 1 aliphatic rings. The first-order valence-corrected chi connectivity index (χ1v) is 12.1. The standard InChI is InChI=1S/C21H19N3O6S2/c1-30-18(25)10-11-23-19(26)14-6-2-4-8-16(14)22-21(23)31-13-12-24-20(27)15-7-3-5-9-17(15)32(24,28)29/h2-9H,10-13H2,1H3. The Bertz CT molecular complexity index is 1380. The number of aromatic nitrogens is 2. The third kappa shape index (κ3) is 3.89. The summed E-state index contributed by atoms with van der Waals surface area (Å²) in [7, 11) is -2.64. The van der Waals surface area contributed by atoms with Crippen LogP contribution in [-0.4, -0.2) is 53.6 Å². The average Bonchev–Trinajstić information content (AvgIpc) is 2.99. The molecule has 3 aromatic rings. The van der Waals surface area contributed by atoms with Crippen LogP contribution in [0.5, 0.6) is 0 Å². The van der Waals surface area contributed by atoms with Gasteiger partial charge in [0.1, 0.15) is 4.90 Å². The van der Waals surface area contributed by atoms with Crippen LogP contribution in [0.3, 0.4) is 0 Å². The zero-order valence-corrected chi connectivity index (χ0v) is 18.7. The molecule has 9 nitrogen and oxygen atoms in total. The zero-order valence-electron chi connectivity index (χ0n) is 17.1. The molecule has 1 amide bonds. The maximum Gasteiger partial charge on any atom is 0.307 e. The van der Waals surface area contributed by atoms with Gasteiger partial charge in [0.25, 0.3) is 21.5 Å². The molecule has 0 unspecified atom stereocenters. The van der Waals surface area contributed by atoms with Gasteiger partial charge in [-0.25, -0.2) is 17.7 Å². The van der Waals surface area contributed by atoms with E-state index in [9.17, 15) is 22.8 Å². The lowest BCUT2D eigenvalue weighted by molar-refractivity contribution is -0.140. The summed E-state index contributed by atoms with van der Waals surface area (Å²) in [6.07, 6.45) is -0.0156. The fourth-order valence-electron chi connectivity index (χ4n) is 3.43. The quantitative estimate of drug-likeness (QED) is 0.290. The first-order valence-electron chi connectivity index (χ1n) is 9.70. The second-order valence-electron chi connectivity index (χ2n) is 6.92. The Kier molecular flexibility index (Phi) is 6.02. The van der Waals surface area contributed by atoms with Gasteiger partial charge in [-0.2, -0.15) is 0 Å². The summed E-state index contributed by atoms with van der Waals surface area (Å²) in [5.74, 6) is -0.856. The van der Waals surface area contributed by atoms with Crippen LogP contribution in [0.2, 0.25) is 0 Å². The molecule has 0 N–H and O–H groups in total. The van der Waals surface area contributed by atoms with Crippen LogP contribution in [0.4, 0.5) is 0 Å². The molecular formula is C21H19N3O6S2. The molecule has 166 valence electrons. The summed E-state index contributed by atoms with van der Waals surface area (Å²) < 4.78 is 32.3. The number of methoxy groups -OCH3 is 1. The number of carbonyl (C=O) groups excluding carboxylic acids is 2. The topological polar surface area (TPSA) is 116 Å². The monoisotopic (exact) mass is 473 g/mol. The minimum Gasteiger partial charge on any atom is -0.469 e. The number of benzene rings is 2. The van der Waals surface area contributed by atoms with Crippen molar-refractivity contribution in [3.05, 3.63) is 64.4 Å². The molecule has 0 spiro atoms. The maximum absolute atomic E-state index is 13.0. The highest BCUT2D eigenvalue weighted by molar-refractivity contribution is 7.99. The Morgan fingerprint density at radius 1 is 1.06 bits per heavy atom. The molecule has 0 bridgehead atoms. The summed E-state index contributed by atoms with van der Waals surface area (Å²) in [6, 6.07) is 12.9. The van der Waals surface area contributed by atoms with Gasteiger partial charge in [0.05, 0.1) is 30.0 Å². The molecule has 0 saturated carbocycles. The zero-order chi connectivity index (χ0) is 22.9. The van der Waals surface area contributed by atoms with Crippen molar-refractivity contribution in [3.63, 3.8) is 0 Å².